The molecular formula is C23H27ClN4O4S2. The number of nitrogens with one attached hydrogen (secondary N) is 1. The zero-order chi connectivity index (χ0) is 25.2. The fourth-order valence-electron chi connectivity index (χ4n) is 3.39. The van der Waals surface area contributed by atoms with Crippen LogP contribution in [0.5, 0.6) is 5.75 Å². The number of amides is 1. The predicted octanol–water partition coefficient (Wildman–Crippen LogP) is 5.42. The van der Waals surface area contributed by atoms with Crippen LogP contribution < -0.4 is 10.1 Å². The Morgan fingerprint density at radius 2 is 1.85 bits per heavy atom. The number of thiophene rings is 1. The number of rotatable bonds is 8. The molecule has 1 unspecified atom stereocenters. The van der Waals surface area contributed by atoms with Crippen LogP contribution in [0.3, 0.4) is 0 Å². The lowest BCUT2D eigenvalue weighted by atomic mass is 10.1. The first-order chi connectivity index (χ1) is 16.0. The number of esters is 1. The van der Waals surface area contributed by atoms with Crippen molar-refractivity contribution in [2.24, 2.45) is 7.05 Å². The van der Waals surface area contributed by atoms with Gasteiger partial charge in [-0.25, -0.2) is 4.79 Å². The maximum Gasteiger partial charge on any atom is 0.341 e. The van der Waals surface area contributed by atoms with Crippen molar-refractivity contribution in [2.75, 3.05) is 18.2 Å². The number of halogens is 1. The first-order valence-electron chi connectivity index (χ1n) is 10.5. The summed E-state index contributed by atoms with van der Waals surface area (Å²) in [6.07, 6.45) is -0.361. The lowest BCUT2D eigenvalue weighted by Gasteiger charge is -2.16. The minimum absolute atomic E-state index is 0.105. The van der Waals surface area contributed by atoms with E-state index in [2.05, 4.69) is 15.5 Å². The first kappa shape index (κ1) is 26.1. The second-order valence-corrected chi connectivity index (χ2v) is 10.4. The number of aryl methyl sites for hydroxylation is 3. The molecule has 182 valence electrons. The van der Waals surface area contributed by atoms with E-state index in [0.29, 0.717) is 27.3 Å². The zero-order valence-corrected chi connectivity index (χ0v) is 22.5. The maximum atomic E-state index is 12.6. The summed E-state index contributed by atoms with van der Waals surface area (Å²) in [5.74, 6) is 0.713. The highest BCUT2D eigenvalue weighted by atomic mass is 35.5. The Labute approximate surface area is 212 Å². The smallest absolute Gasteiger partial charge is 0.341 e. The predicted molar refractivity (Wildman–Crippen MR) is 135 cm³/mol. The molecule has 3 aromatic rings. The molecule has 0 aliphatic carbocycles. The number of benzene rings is 1. The number of anilines is 1. The fourth-order valence-corrected chi connectivity index (χ4v) is 5.28. The van der Waals surface area contributed by atoms with E-state index in [1.807, 2.05) is 53.8 Å². The van der Waals surface area contributed by atoms with Crippen LogP contribution in [0.4, 0.5) is 5.00 Å². The molecule has 0 saturated carbocycles. The summed E-state index contributed by atoms with van der Waals surface area (Å²) in [5.41, 5.74) is 3.08. The van der Waals surface area contributed by atoms with Crippen molar-refractivity contribution in [3.8, 4) is 5.75 Å². The van der Waals surface area contributed by atoms with Gasteiger partial charge in [0.15, 0.2) is 17.1 Å². The van der Waals surface area contributed by atoms with Crippen LogP contribution in [0.1, 0.15) is 50.8 Å². The Bertz CT molecular complexity index is 1220. The summed E-state index contributed by atoms with van der Waals surface area (Å²) >= 11 is 8.84. The molecule has 8 nitrogen and oxygen atoms in total. The molecule has 0 aliphatic rings. The van der Waals surface area contributed by atoms with Gasteiger partial charge >= 0.3 is 5.97 Å². The topological polar surface area (TPSA) is 95.3 Å². The van der Waals surface area contributed by atoms with Gasteiger partial charge in [-0.1, -0.05) is 23.4 Å². The molecular weight excluding hydrogens is 496 g/mol. The van der Waals surface area contributed by atoms with Crippen LogP contribution in [0.15, 0.2) is 17.3 Å². The fraction of sp³-hybridized carbons (Fsp3) is 0.391. The zero-order valence-electron chi connectivity index (χ0n) is 20.1. The third kappa shape index (κ3) is 5.56. The Kier molecular flexibility index (Phi) is 8.27. The second-order valence-electron chi connectivity index (χ2n) is 7.85. The molecule has 34 heavy (non-hydrogen) atoms. The van der Waals surface area contributed by atoms with Crippen molar-refractivity contribution < 1.29 is 19.1 Å². The highest BCUT2D eigenvalue weighted by Crippen LogP contribution is 2.33. The molecule has 11 heteroatoms. The minimum Gasteiger partial charge on any atom is -0.483 e. The normalized spacial score (nSPS) is 11.9. The highest BCUT2D eigenvalue weighted by molar-refractivity contribution is 7.99. The molecule has 1 atom stereocenters. The Morgan fingerprint density at radius 1 is 1.21 bits per heavy atom. The van der Waals surface area contributed by atoms with Crippen LogP contribution >= 0.6 is 34.7 Å². The SMILES string of the molecule is COC(=O)c1c(NC(=O)CSc2nnc(C(C)Oc3cc(C)c(Cl)c(C)c3)n2C)sc(C)c1C. The molecule has 1 aromatic carbocycles. The van der Waals surface area contributed by atoms with Crippen molar-refractivity contribution in [2.45, 2.75) is 45.9 Å². The van der Waals surface area contributed by atoms with Crippen molar-refractivity contribution >= 4 is 51.6 Å². The Hall–Kier alpha value is -2.56. The van der Waals surface area contributed by atoms with E-state index in [1.165, 1.54) is 30.2 Å². The van der Waals surface area contributed by atoms with Gasteiger partial charge in [-0.3, -0.25) is 4.79 Å². The van der Waals surface area contributed by atoms with Gasteiger partial charge in [0.05, 0.1) is 18.4 Å². The van der Waals surface area contributed by atoms with Gasteiger partial charge in [-0.05, 0) is 63.4 Å². The van der Waals surface area contributed by atoms with E-state index in [4.69, 9.17) is 21.1 Å². The van der Waals surface area contributed by atoms with Crippen molar-refractivity contribution in [1.29, 1.82) is 0 Å². The van der Waals surface area contributed by atoms with Crippen molar-refractivity contribution in [3.05, 3.63) is 50.1 Å². The molecule has 1 amide bonds. The van der Waals surface area contributed by atoms with Crippen molar-refractivity contribution in [3.63, 3.8) is 0 Å². The summed E-state index contributed by atoms with van der Waals surface area (Å²) < 4.78 is 12.7. The highest BCUT2D eigenvalue weighted by Gasteiger charge is 2.23. The molecule has 0 radical (unpaired) electrons. The van der Waals surface area contributed by atoms with E-state index < -0.39 is 5.97 Å². The number of hydrogen-bond acceptors (Lipinski definition) is 8. The monoisotopic (exact) mass is 522 g/mol. The number of carbonyl (C=O) groups is 2. The molecule has 0 bridgehead atoms. The molecule has 0 aliphatic heterocycles. The quantitative estimate of drug-likeness (QED) is 0.311. The van der Waals surface area contributed by atoms with E-state index in [-0.39, 0.29) is 17.8 Å². The van der Waals surface area contributed by atoms with Gasteiger partial charge in [0.2, 0.25) is 5.91 Å². The average molecular weight is 523 g/mol. The summed E-state index contributed by atoms with van der Waals surface area (Å²) in [5, 5.41) is 13.1. The van der Waals surface area contributed by atoms with Crippen LogP contribution in [-0.4, -0.2) is 39.5 Å². The van der Waals surface area contributed by atoms with Gasteiger partial charge in [0.1, 0.15) is 10.8 Å². The van der Waals surface area contributed by atoms with Gasteiger partial charge in [0.25, 0.3) is 0 Å². The number of methoxy groups -OCH3 is 1. The largest absolute Gasteiger partial charge is 0.483 e. The first-order valence-corrected chi connectivity index (χ1v) is 12.6. The van der Waals surface area contributed by atoms with Gasteiger partial charge in [-0.2, -0.15) is 0 Å². The van der Waals surface area contributed by atoms with E-state index in [0.717, 1.165) is 26.6 Å². The molecule has 0 spiro atoms. The lowest BCUT2D eigenvalue weighted by Crippen LogP contribution is -2.16. The second kappa shape index (κ2) is 10.8. The molecule has 3 rings (SSSR count). The number of thioether (sulfide) groups is 1. The number of carbonyl (C=O) groups excluding carboxylic acids is 2. The van der Waals surface area contributed by atoms with Crippen LogP contribution in [0.25, 0.3) is 0 Å². The Balaban J connectivity index is 1.65. The third-order valence-electron chi connectivity index (χ3n) is 5.32. The standard InChI is InChI=1S/C23H27ClN4O4S2/c1-11-8-16(9-12(2)19(11)24)32-14(4)20-26-27-23(28(20)6)33-10-17(29)25-21-18(22(30)31-7)13(3)15(5)34-21/h8-9,14H,10H2,1-7H3,(H,25,29). The lowest BCUT2D eigenvalue weighted by molar-refractivity contribution is -0.113. The van der Waals surface area contributed by atoms with Gasteiger partial charge in [-0.15, -0.1) is 21.5 Å². The van der Waals surface area contributed by atoms with Gasteiger partial charge in [0, 0.05) is 16.9 Å². The molecule has 2 aromatic heterocycles. The summed E-state index contributed by atoms with van der Waals surface area (Å²) in [6, 6.07) is 3.78. The molecule has 2 heterocycles. The molecule has 0 fully saturated rings. The minimum atomic E-state index is -0.470. The third-order valence-corrected chi connectivity index (χ3v) is 8.05. The number of ether oxygens (including phenoxy) is 2. The van der Waals surface area contributed by atoms with E-state index >= 15 is 0 Å². The number of hydrogen-bond donors (Lipinski definition) is 1. The van der Waals surface area contributed by atoms with Crippen molar-refractivity contribution in [1.82, 2.24) is 14.8 Å². The average Bonchev–Trinajstić information content (AvgIpc) is 3.28. The van der Waals surface area contributed by atoms with Crippen LogP contribution in [0.2, 0.25) is 5.02 Å². The van der Waals surface area contributed by atoms with E-state index in [9.17, 15) is 9.59 Å². The summed E-state index contributed by atoms with van der Waals surface area (Å²) in [7, 11) is 3.15. The number of aromatic nitrogens is 3. The van der Waals surface area contributed by atoms with E-state index in [1.54, 1.807) is 4.57 Å². The maximum absolute atomic E-state index is 12.6. The Morgan fingerprint density at radius 3 is 2.47 bits per heavy atom. The van der Waals surface area contributed by atoms with Crippen LogP contribution in [-0.2, 0) is 16.6 Å². The van der Waals surface area contributed by atoms with Gasteiger partial charge < -0.3 is 19.4 Å². The number of nitrogens with zero attached hydrogens (tertiary/aromatic N) is 3. The summed E-state index contributed by atoms with van der Waals surface area (Å²) in [6.45, 7) is 9.48. The van der Waals surface area contributed by atoms with Crippen LogP contribution in [0, 0.1) is 27.7 Å². The molecule has 0 saturated heterocycles. The summed E-state index contributed by atoms with van der Waals surface area (Å²) in [4.78, 5) is 25.6. The molecule has 1 N–H and O–H groups in total.